The van der Waals surface area contributed by atoms with Gasteiger partial charge in [-0.3, -0.25) is 4.79 Å². The van der Waals surface area contributed by atoms with Crippen LogP contribution < -0.4 is 5.32 Å². The van der Waals surface area contributed by atoms with Gasteiger partial charge >= 0.3 is 5.97 Å². The standard InChI is InChI=1S/C15H20N2O2S2/c1-3-15(4-2,14(18)19)10-16-8-11-9-21-13(17-11)12-6-5-7-20-12/h5-7,9,16H,3-4,8,10H2,1-2H3,(H,18,19). The topological polar surface area (TPSA) is 62.2 Å². The SMILES string of the molecule is CCC(CC)(CNCc1csc(-c2cccs2)n1)C(=O)O. The molecule has 2 N–H and O–H groups in total. The van der Waals surface area contributed by atoms with Crippen LogP contribution in [0.15, 0.2) is 22.9 Å². The van der Waals surface area contributed by atoms with Crippen molar-refractivity contribution in [2.45, 2.75) is 33.2 Å². The number of thiazole rings is 1. The molecule has 0 bridgehead atoms. The lowest BCUT2D eigenvalue weighted by Crippen LogP contribution is -2.40. The zero-order valence-corrected chi connectivity index (χ0v) is 13.9. The molecule has 0 aliphatic rings. The third-order valence-corrected chi connectivity index (χ3v) is 5.79. The Labute approximate surface area is 132 Å². The average molecular weight is 324 g/mol. The second-order valence-electron chi connectivity index (χ2n) is 5.02. The maximum atomic E-state index is 11.4. The summed E-state index contributed by atoms with van der Waals surface area (Å²) in [4.78, 5) is 17.2. The smallest absolute Gasteiger partial charge is 0.310 e. The minimum atomic E-state index is -0.724. The molecule has 2 rings (SSSR count). The lowest BCUT2D eigenvalue weighted by molar-refractivity contribution is -0.149. The number of carboxylic acid groups (broad SMARTS) is 1. The number of thiophene rings is 1. The Bertz CT molecular complexity index is 574. The van der Waals surface area contributed by atoms with Crippen LogP contribution in [0.4, 0.5) is 0 Å². The van der Waals surface area contributed by atoms with Crippen LogP contribution in [0.25, 0.3) is 9.88 Å². The fourth-order valence-corrected chi connectivity index (χ4v) is 3.84. The Morgan fingerprint density at radius 3 is 2.71 bits per heavy atom. The van der Waals surface area contributed by atoms with Crippen LogP contribution in [0.5, 0.6) is 0 Å². The Morgan fingerprint density at radius 2 is 2.14 bits per heavy atom. The first kappa shape index (κ1) is 16.1. The van der Waals surface area contributed by atoms with Gasteiger partial charge in [0, 0.05) is 18.5 Å². The van der Waals surface area contributed by atoms with Gasteiger partial charge in [0.2, 0.25) is 0 Å². The molecule has 0 atom stereocenters. The highest BCUT2D eigenvalue weighted by Crippen LogP contribution is 2.28. The number of carbonyl (C=O) groups is 1. The van der Waals surface area contributed by atoms with Crippen LogP contribution in [0.1, 0.15) is 32.4 Å². The Kier molecular flexibility index (Phi) is 5.50. The number of nitrogens with zero attached hydrogens (tertiary/aromatic N) is 1. The number of aromatic nitrogens is 1. The predicted molar refractivity (Wildman–Crippen MR) is 87.8 cm³/mol. The maximum absolute atomic E-state index is 11.4. The Hall–Kier alpha value is -1.24. The van der Waals surface area contributed by atoms with E-state index >= 15 is 0 Å². The Morgan fingerprint density at radius 1 is 1.38 bits per heavy atom. The molecule has 0 aliphatic heterocycles. The lowest BCUT2D eigenvalue weighted by Gasteiger charge is -2.26. The van der Waals surface area contributed by atoms with Gasteiger partial charge < -0.3 is 10.4 Å². The average Bonchev–Trinajstić information content (AvgIpc) is 3.14. The van der Waals surface area contributed by atoms with Crippen LogP contribution in [0.3, 0.4) is 0 Å². The van der Waals surface area contributed by atoms with Gasteiger partial charge in [0.05, 0.1) is 16.0 Å². The van der Waals surface area contributed by atoms with E-state index in [1.807, 2.05) is 30.7 Å². The molecule has 21 heavy (non-hydrogen) atoms. The van der Waals surface area contributed by atoms with E-state index in [0.717, 1.165) is 10.7 Å². The molecule has 0 spiro atoms. The molecule has 2 heterocycles. The van der Waals surface area contributed by atoms with E-state index in [-0.39, 0.29) is 0 Å². The fourth-order valence-electron chi connectivity index (χ4n) is 2.21. The van der Waals surface area contributed by atoms with Crippen molar-refractivity contribution in [2.24, 2.45) is 5.41 Å². The summed E-state index contributed by atoms with van der Waals surface area (Å²) in [6, 6.07) is 4.08. The highest BCUT2D eigenvalue weighted by Gasteiger charge is 2.34. The van der Waals surface area contributed by atoms with Gasteiger partial charge in [-0.15, -0.1) is 22.7 Å². The normalized spacial score (nSPS) is 11.7. The molecular formula is C15H20N2O2S2. The van der Waals surface area contributed by atoms with Crippen molar-refractivity contribution in [3.05, 3.63) is 28.6 Å². The summed E-state index contributed by atoms with van der Waals surface area (Å²) in [6.07, 6.45) is 1.26. The molecule has 4 nitrogen and oxygen atoms in total. The molecule has 0 amide bonds. The number of aliphatic carboxylic acids is 1. The second kappa shape index (κ2) is 7.15. The molecule has 0 saturated carbocycles. The largest absolute Gasteiger partial charge is 0.481 e. The molecule has 0 unspecified atom stereocenters. The molecule has 2 aromatic heterocycles. The van der Waals surface area contributed by atoms with Crippen LogP contribution in [-0.2, 0) is 11.3 Å². The van der Waals surface area contributed by atoms with Gasteiger partial charge in [0.1, 0.15) is 5.01 Å². The number of rotatable bonds is 8. The van der Waals surface area contributed by atoms with E-state index in [2.05, 4.69) is 16.4 Å². The van der Waals surface area contributed by atoms with E-state index in [0.29, 0.717) is 25.9 Å². The van der Waals surface area contributed by atoms with Crippen LogP contribution in [0.2, 0.25) is 0 Å². The van der Waals surface area contributed by atoms with Crippen molar-refractivity contribution in [1.82, 2.24) is 10.3 Å². The van der Waals surface area contributed by atoms with Crippen LogP contribution >= 0.6 is 22.7 Å². The lowest BCUT2D eigenvalue weighted by atomic mass is 9.82. The maximum Gasteiger partial charge on any atom is 0.310 e. The molecule has 0 saturated heterocycles. The van der Waals surface area contributed by atoms with Gasteiger partial charge in [-0.1, -0.05) is 19.9 Å². The number of nitrogens with one attached hydrogen (secondary N) is 1. The summed E-state index contributed by atoms with van der Waals surface area (Å²) in [5.41, 5.74) is 0.293. The fraction of sp³-hybridized carbons (Fsp3) is 0.467. The number of hydrogen-bond donors (Lipinski definition) is 2. The van der Waals surface area contributed by atoms with Crippen molar-refractivity contribution in [3.8, 4) is 9.88 Å². The van der Waals surface area contributed by atoms with E-state index in [1.165, 1.54) is 4.88 Å². The van der Waals surface area contributed by atoms with Gasteiger partial charge in [0.15, 0.2) is 0 Å². The summed E-state index contributed by atoms with van der Waals surface area (Å²) in [5, 5.41) is 17.7. The van der Waals surface area contributed by atoms with Crippen molar-refractivity contribution in [3.63, 3.8) is 0 Å². The first-order valence-electron chi connectivity index (χ1n) is 7.03. The van der Waals surface area contributed by atoms with E-state index in [9.17, 15) is 9.90 Å². The molecule has 0 fully saturated rings. The summed E-state index contributed by atoms with van der Waals surface area (Å²) in [5.74, 6) is -0.724. The van der Waals surface area contributed by atoms with E-state index < -0.39 is 11.4 Å². The minimum absolute atomic E-state index is 0.473. The van der Waals surface area contributed by atoms with Crippen molar-refractivity contribution in [1.29, 1.82) is 0 Å². The molecule has 6 heteroatoms. The summed E-state index contributed by atoms with van der Waals surface area (Å²) >= 11 is 3.30. The first-order valence-corrected chi connectivity index (χ1v) is 8.79. The van der Waals surface area contributed by atoms with Crippen molar-refractivity contribution >= 4 is 28.6 Å². The van der Waals surface area contributed by atoms with Crippen molar-refractivity contribution < 1.29 is 9.90 Å². The first-order chi connectivity index (χ1) is 10.1. The predicted octanol–water partition coefficient (Wildman–Crippen LogP) is 3.85. The third-order valence-electron chi connectivity index (χ3n) is 3.86. The van der Waals surface area contributed by atoms with Crippen LogP contribution in [0, 0.1) is 5.41 Å². The quantitative estimate of drug-likeness (QED) is 0.774. The third kappa shape index (κ3) is 3.70. The number of carboxylic acids is 1. The van der Waals surface area contributed by atoms with E-state index in [4.69, 9.17) is 0 Å². The molecule has 0 aromatic carbocycles. The molecule has 0 aliphatic carbocycles. The van der Waals surface area contributed by atoms with Gasteiger partial charge in [-0.05, 0) is 24.3 Å². The highest BCUT2D eigenvalue weighted by atomic mass is 32.1. The molecule has 2 aromatic rings. The zero-order chi connectivity index (χ0) is 15.3. The van der Waals surface area contributed by atoms with Crippen molar-refractivity contribution in [2.75, 3.05) is 6.54 Å². The second-order valence-corrected chi connectivity index (χ2v) is 6.82. The van der Waals surface area contributed by atoms with Crippen LogP contribution in [-0.4, -0.2) is 22.6 Å². The number of hydrogen-bond acceptors (Lipinski definition) is 5. The summed E-state index contributed by atoms with van der Waals surface area (Å²) in [7, 11) is 0. The Balaban J connectivity index is 1.93. The molecule has 114 valence electrons. The molecular weight excluding hydrogens is 304 g/mol. The van der Waals surface area contributed by atoms with Gasteiger partial charge in [-0.25, -0.2) is 4.98 Å². The van der Waals surface area contributed by atoms with E-state index in [1.54, 1.807) is 22.7 Å². The van der Waals surface area contributed by atoms with Gasteiger partial charge in [-0.2, -0.15) is 0 Å². The van der Waals surface area contributed by atoms with Gasteiger partial charge in [0.25, 0.3) is 0 Å². The minimum Gasteiger partial charge on any atom is -0.481 e. The highest BCUT2D eigenvalue weighted by molar-refractivity contribution is 7.20. The summed E-state index contributed by atoms with van der Waals surface area (Å²) < 4.78 is 0. The summed E-state index contributed by atoms with van der Waals surface area (Å²) in [6.45, 7) is 4.94. The monoisotopic (exact) mass is 324 g/mol. The molecule has 0 radical (unpaired) electrons. The zero-order valence-electron chi connectivity index (χ0n) is 12.3.